The lowest BCUT2D eigenvalue weighted by Gasteiger charge is -2.59. The Hall–Kier alpha value is -1.55. The summed E-state index contributed by atoms with van der Waals surface area (Å²) in [5.41, 5.74) is 0.409. The second kappa shape index (κ2) is 5.44. The van der Waals surface area contributed by atoms with Gasteiger partial charge in [0.15, 0.2) is 0 Å². The largest absolute Gasteiger partial charge is 0.497 e. The second-order valence-electron chi connectivity index (χ2n) is 5.27. The number of carbonyl (C=O) groups is 1. The van der Waals surface area contributed by atoms with E-state index in [1.54, 1.807) is 7.11 Å². The smallest absolute Gasteiger partial charge is 0.319 e. The zero-order valence-electron chi connectivity index (χ0n) is 12.8. The summed E-state index contributed by atoms with van der Waals surface area (Å²) in [6, 6.07) is 7.99. The lowest BCUT2D eigenvalue weighted by atomic mass is 9.61. The van der Waals surface area contributed by atoms with Crippen LogP contribution >= 0.6 is 0 Å². The number of methoxy groups -OCH3 is 2. The van der Waals surface area contributed by atoms with Crippen LogP contribution in [0.15, 0.2) is 24.3 Å². The van der Waals surface area contributed by atoms with Gasteiger partial charge in [-0.05, 0) is 38.1 Å². The lowest BCUT2D eigenvalue weighted by molar-refractivity contribution is -0.168. The lowest BCUT2D eigenvalue weighted by Crippen LogP contribution is -2.75. The van der Waals surface area contributed by atoms with Crippen LogP contribution in [0.25, 0.3) is 0 Å². The van der Waals surface area contributed by atoms with E-state index in [-0.39, 0.29) is 18.1 Å². The Morgan fingerprint density at radius 2 is 1.75 bits per heavy atom. The van der Waals surface area contributed by atoms with Crippen LogP contribution in [0.2, 0.25) is 0 Å². The van der Waals surface area contributed by atoms with Crippen molar-refractivity contribution in [3.05, 3.63) is 29.8 Å². The van der Waals surface area contributed by atoms with Gasteiger partial charge in [0.25, 0.3) is 0 Å². The molecule has 1 heterocycles. The summed E-state index contributed by atoms with van der Waals surface area (Å²) in [6.45, 7) is 7.22. The fourth-order valence-electron chi connectivity index (χ4n) is 3.65. The van der Waals surface area contributed by atoms with Gasteiger partial charge in [-0.25, -0.2) is 0 Å². The van der Waals surface area contributed by atoms with Gasteiger partial charge in [0, 0.05) is 12.1 Å². The summed E-state index contributed by atoms with van der Waals surface area (Å²) < 4.78 is 10.3. The number of likely N-dealkylation sites (tertiary alicyclic amines) is 1. The Kier molecular flexibility index (Phi) is 4.04. The van der Waals surface area contributed by atoms with E-state index < -0.39 is 5.41 Å². The molecule has 4 nitrogen and oxygen atoms in total. The van der Waals surface area contributed by atoms with E-state index in [1.165, 1.54) is 7.11 Å². The molecular weight excluding hydrogens is 254 g/mol. The number of esters is 1. The van der Waals surface area contributed by atoms with Gasteiger partial charge in [0.2, 0.25) is 0 Å². The van der Waals surface area contributed by atoms with Crippen molar-refractivity contribution in [1.29, 1.82) is 0 Å². The highest BCUT2D eigenvalue weighted by Gasteiger charge is 2.62. The number of likely N-dealkylation sites (N-methyl/N-ethyl adjacent to an activating group) is 1. The molecule has 1 aliphatic heterocycles. The van der Waals surface area contributed by atoms with E-state index in [0.717, 1.165) is 17.9 Å². The minimum Gasteiger partial charge on any atom is -0.497 e. The minimum atomic E-state index is -0.586. The Morgan fingerprint density at radius 3 is 2.15 bits per heavy atom. The molecule has 0 spiro atoms. The zero-order chi connectivity index (χ0) is 14.9. The second-order valence-corrected chi connectivity index (χ2v) is 5.27. The third-order valence-electron chi connectivity index (χ3n) is 4.77. The van der Waals surface area contributed by atoms with Crippen molar-refractivity contribution >= 4 is 5.97 Å². The average Bonchev–Trinajstić information content (AvgIpc) is 2.48. The molecule has 0 aliphatic carbocycles. The monoisotopic (exact) mass is 277 g/mol. The fourth-order valence-corrected chi connectivity index (χ4v) is 3.65. The quantitative estimate of drug-likeness (QED) is 0.791. The maximum atomic E-state index is 12.5. The predicted octanol–water partition coefficient (Wildman–Crippen LogP) is 2.22. The first-order valence-corrected chi connectivity index (χ1v) is 7.02. The minimum absolute atomic E-state index is 0.128. The van der Waals surface area contributed by atoms with E-state index in [0.29, 0.717) is 0 Å². The van der Waals surface area contributed by atoms with Crippen LogP contribution in [-0.2, 0) is 14.9 Å². The van der Waals surface area contributed by atoms with Gasteiger partial charge in [0.05, 0.1) is 14.2 Å². The van der Waals surface area contributed by atoms with Gasteiger partial charge in [-0.2, -0.15) is 0 Å². The number of benzene rings is 1. The topological polar surface area (TPSA) is 38.8 Å². The molecule has 4 heteroatoms. The molecule has 0 aromatic heterocycles. The van der Waals surface area contributed by atoms with Crippen molar-refractivity contribution in [1.82, 2.24) is 4.90 Å². The number of hydrogen-bond acceptors (Lipinski definition) is 4. The van der Waals surface area contributed by atoms with E-state index in [9.17, 15) is 4.79 Å². The summed E-state index contributed by atoms with van der Waals surface area (Å²) in [4.78, 5) is 14.8. The molecule has 110 valence electrons. The van der Waals surface area contributed by atoms with Crippen LogP contribution in [0.1, 0.15) is 26.3 Å². The summed E-state index contributed by atoms with van der Waals surface area (Å²) in [5.74, 6) is 0.633. The highest BCUT2D eigenvalue weighted by Crippen LogP contribution is 2.47. The predicted molar refractivity (Wildman–Crippen MR) is 78.0 cm³/mol. The van der Waals surface area contributed by atoms with E-state index in [1.807, 2.05) is 24.3 Å². The number of rotatable bonds is 4. The zero-order valence-corrected chi connectivity index (χ0v) is 12.8. The molecule has 2 atom stereocenters. The molecular formula is C16H23NO3. The van der Waals surface area contributed by atoms with E-state index in [4.69, 9.17) is 9.47 Å². The van der Waals surface area contributed by atoms with Gasteiger partial charge in [-0.1, -0.05) is 19.1 Å². The summed E-state index contributed by atoms with van der Waals surface area (Å²) >= 11 is 0. The van der Waals surface area contributed by atoms with E-state index >= 15 is 0 Å². The van der Waals surface area contributed by atoms with Crippen molar-refractivity contribution in [2.24, 2.45) is 0 Å². The summed E-state index contributed by atoms with van der Waals surface area (Å²) in [6.07, 6.45) is 0. The molecule has 1 fully saturated rings. The Balaban J connectivity index is 2.45. The van der Waals surface area contributed by atoms with Crippen molar-refractivity contribution in [2.75, 3.05) is 20.8 Å². The molecule has 0 amide bonds. The summed E-state index contributed by atoms with van der Waals surface area (Å²) in [5, 5.41) is 0. The Labute approximate surface area is 120 Å². The molecule has 2 unspecified atom stereocenters. The summed E-state index contributed by atoms with van der Waals surface area (Å²) in [7, 11) is 3.10. The number of nitrogens with zero attached hydrogens (tertiary/aromatic N) is 1. The van der Waals surface area contributed by atoms with Crippen LogP contribution in [0.5, 0.6) is 5.75 Å². The number of carbonyl (C=O) groups excluding carboxylic acids is 1. The third-order valence-corrected chi connectivity index (χ3v) is 4.77. The van der Waals surface area contributed by atoms with Crippen LogP contribution in [0.3, 0.4) is 0 Å². The van der Waals surface area contributed by atoms with Gasteiger partial charge in [-0.15, -0.1) is 0 Å². The Morgan fingerprint density at radius 1 is 1.20 bits per heavy atom. The SMILES string of the molecule is CCN1C(C)C(C(=O)OC)(c2ccc(OC)cc2)C1C. The van der Waals surface area contributed by atoms with Crippen molar-refractivity contribution in [3.8, 4) is 5.75 Å². The molecule has 1 aliphatic rings. The van der Waals surface area contributed by atoms with Crippen LogP contribution < -0.4 is 4.74 Å². The van der Waals surface area contributed by atoms with Gasteiger partial charge in [0.1, 0.15) is 11.2 Å². The molecule has 1 aromatic carbocycles. The van der Waals surface area contributed by atoms with Gasteiger partial charge >= 0.3 is 5.97 Å². The molecule has 0 bridgehead atoms. The maximum Gasteiger partial charge on any atom is 0.319 e. The number of hydrogen-bond donors (Lipinski definition) is 0. The molecule has 2 rings (SSSR count). The van der Waals surface area contributed by atoms with Crippen LogP contribution in [-0.4, -0.2) is 43.7 Å². The highest BCUT2D eigenvalue weighted by atomic mass is 16.5. The molecule has 0 radical (unpaired) electrons. The maximum absolute atomic E-state index is 12.5. The third kappa shape index (κ3) is 1.82. The van der Waals surface area contributed by atoms with Crippen molar-refractivity contribution in [3.63, 3.8) is 0 Å². The first-order valence-electron chi connectivity index (χ1n) is 7.02. The fraction of sp³-hybridized carbons (Fsp3) is 0.562. The van der Waals surface area contributed by atoms with Crippen LogP contribution in [0, 0.1) is 0 Å². The number of ether oxygens (including phenoxy) is 2. The van der Waals surface area contributed by atoms with Crippen molar-refractivity contribution in [2.45, 2.75) is 38.3 Å². The first-order chi connectivity index (χ1) is 9.53. The normalized spacial score (nSPS) is 29.6. The van der Waals surface area contributed by atoms with Gasteiger partial charge in [-0.3, -0.25) is 9.69 Å². The van der Waals surface area contributed by atoms with Crippen LogP contribution in [0.4, 0.5) is 0 Å². The van der Waals surface area contributed by atoms with Gasteiger partial charge < -0.3 is 9.47 Å². The molecule has 1 saturated heterocycles. The molecule has 0 saturated carbocycles. The molecule has 1 aromatic rings. The standard InChI is InChI=1S/C16H23NO3/c1-6-17-11(2)16(12(17)3,15(18)20-5)13-7-9-14(19-4)10-8-13/h7-12H,6H2,1-5H3. The molecule has 20 heavy (non-hydrogen) atoms. The average molecular weight is 277 g/mol. The van der Waals surface area contributed by atoms with E-state index in [2.05, 4.69) is 25.7 Å². The molecule has 0 N–H and O–H groups in total. The Bertz CT molecular complexity index is 473. The highest BCUT2D eigenvalue weighted by molar-refractivity contribution is 5.87. The van der Waals surface area contributed by atoms with Crippen molar-refractivity contribution < 1.29 is 14.3 Å². The first kappa shape index (κ1) is 14.9.